The van der Waals surface area contributed by atoms with Crippen LogP contribution < -0.4 is 5.32 Å². The molecule has 0 unspecified atom stereocenters. The van der Waals surface area contributed by atoms with E-state index in [9.17, 15) is 13.2 Å². The minimum atomic E-state index is -4.05. The van der Waals surface area contributed by atoms with Gasteiger partial charge in [0.05, 0.1) is 5.69 Å². The van der Waals surface area contributed by atoms with Crippen LogP contribution >= 0.6 is 0 Å². The summed E-state index contributed by atoms with van der Waals surface area (Å²) in [5, 5.41) is 3.30. The second kappa shape index (κ2) is 5.99. The molecule has 0 saturated heterocycles. The van der Waals surface area contributed by atoms with Gasteiger partial charge in [0.15, 0.2) is 0 Å². The number of halogens is 3. The van der Waals surface area contributed by atoms with Gasteiger partial charge in [0.2, 0.25) is 0 Å². The third kappa shape index (κ3) is 4.22. The molecule has 0 bridgehead atoms. The number of fused-ring (bicyclic) bond motifs is 1. The van der Waals surface area contributed by atoms with Crippen molar-refractivity contribution < 1.29 is 13.2 Å². The van der Waals surface area contributed by atoms with Gasteiger partial charge in [-0.3, -0.25) is 0 Å². The fourth-order valence-electron chi connectivity index (χ4n) is 2.78. The predicted molar refractivity (Wildman–Crippen MR) is 76.2 cm³/mol. The lowest BCUT2D eigenvalue weighted by atomic mass is 9.95. The van der Waals surface area contributed by atoms with Crippen LogP contribution in [0.2, 0.25) is 0 Å². The number of nitrogens with zero attached hydrogens (tertiary/aromatic N) is 2. The summed E-state index contributed by atoms with van der Waals surface area (Å²) < 4.78 is 38.9. The SMILES string of the molecule is CC(C)(C)c1nc2c(n1CCCCC(F)(F)F)CCNC2. The van der Waals surface area contributed by atoms with Crippen LogP contribution in [-0.4, -0.2) is 22.3 Å². The number of rotatable bonds is 4. The van der Waals surface area contributed by atoms with Crippen LogP contribution in [0.3, 0.4) is 0 Å². The highest BCUT2D eigenvalue weighted by Gasteiger charge is 2.28. The van der Waals surface area contributed by atoms with E-state index in [1.165, 1.54) is 5.69 Å². The molecule has 0 radical (unpaired) electrons. The van der Waals surface area contributed by atoms with E-state index in [0.29, 0.717) is 13.0 Å². The van der Waals surface area contributed by atoms with E-state index < -0.39 is 12.6 Å². The van der Waals surface area contributed by atoms with E-state index in [1.807, 2.05) is 0 Å². The van der Waals surface area contributed by atoms with Gasteiger partial charge in [-0.25, -0.2) is 4.98 Å². The zero-order chi connectivity index (χ0) is 15.7. The van der Waals surface area contributed by atoms with Crippen molar-refractivity contribution in [3.63, 3.8) is 0 Å². The smallest absolute Gasteiger partial charge is 0.331 e. The van der Waals surface area contributed by atoms with E-state index in [4.69, 9.17) is 4.98 Å². The number of imidazole rings is 1. The van der Waals surface area contributed by atoms with Crippen LogP contribution in [0, 0.1) is 0 Å². The minimum absolute atomic E-state index is 0.0959. The minimum Gasteiger partial charge on any atom is -0.331 e. The summed E-state index contributed by atoms with van der Waals surface area (Å²) in [6.07, 6.45) is -3.13. The molecule has 2 rings (SSSR count). The molecule has 0 saturated carbocycles. The van der Waals surface area contributed by atoms with E-state index in [2.05, 4.69) is 30.7 Å². The molecular weight excluding hydrogens is 279 g/mol. The third-order valence-electron chi connectivity index (χ3n) is 3.75. The third-order valence-corrected chi connectivity index (χ3v) is 3.75. The summed E-state index contributed by atoms with van der Waals surface area (Å²) in [4.78, 5) is 4.73. The Bertz CT molecular complexity index is 484. The Morgan fingerprint density at radius 3 is 2.52 bits per heavy atom. The predicted octanol–water partition coefficient (Wildman–Crippen LogP) is 3.56. The van der Waals surface area contributed by atoms with Crippen molar-refractivity contribution >= 4 is 0 Å². The summed E-state index contributed by atoms with van der Waals surface area (Å²) in [6.45, 7) is 8.59. The molecule has 0 aliphatic carbocycles. The number of nitrogens with one attached hydrogen (secondary N) is 1. The Morgan fingerprint density at radius 1 is 1.19 bits per heavy atom. The van der Waals surface area contributed by atoms with Crippen LogP contribution in [0.15, 0.2) is 0 Å². The summed E-state index contributed by atoms with van der Waals surface area (Å²) in [5.74, 6) is 0.989. The highest BCUT2D eigenvalue weighted by molar-refractivity contribution is 5.23. The van der Waals surface area contributed by atoms with Crippen LogP contribution in [0.4, 0.5) is 13.2 Å². The summed E-state index contributed by atoms with van der Waals surface area (Å²) >= 11 is 0. The first-order valence-electron chi connectivity index (χ1n) is 7.55. The zero-order valence-electron chi connectivity index (χ0n) is 13.0. The topological polar surface area (TPSA) is 29.9 Å². The van der Waals surface area contributed by atoms with Crippen molar-refractivity contribution in [3.05, 3.63) is 17.2 Å². The molecule has 1 aliphatic rings. The van der Waals surface area contributed by atoms with E-state index in [1.54, 1.807) is 0 Å². The Labute approximate surface area is 123 Å². The first kappa shape index (κ1) is 16.3. The van der Waals surface area contributed by atoms with Gasteiger partial charge in [0.25, 0.3) is 0 Å². The fraction of sp³-hybridized carbons (Fsp3) is 0.800. The fourth-order valence-corrected chi connectivity index (χ4v) is 2.78. The monoisotopic (exact) mass is 303 g/mol. The number of unbranched alkanes of at least 4 members (excludes halogenated alkanes) is 1. The molecule has 1 aliphatic heterocycles. The van der Waals surface area contributed by atoms with Gasteiger partial charge >= 0.3 is 6.18 Å². The Kier molecular flexibility index (Phi) is 4.66. The maximum atomic E-state index is 12.2. The van der Waals surface area contributed by atoms with Crippen molar-refractivity contribution in [2.24, 2.45) is 0 Å². The standard InChI is InChI=1S/C15H24F3N3/c1-14(2,3)13-20-11-10-19-8-6-12(11)21(13)9-5-4-7-15(16,17)18/h19H,4-10H2,1-3H3. The quantitative estimate of drug-likeness (QED) is 0.862. The van der Waals surface area contributed by atoms with Crippen molar-refractivity contribution in [2.75, 3.05) is 6.54 Å². The Balaban J connectivity index is 2.11. The number of hydrogen-bond donors (Lipinski definition) is 1. The molecule has 120 valence electrons. The van der Waals surface area contributed by atoms with Gasteiger partial charge in [-0.1, -0.05) is 20.8 Å². The second-order valence-corrected chi connectivity index (χ2v) is 6.73. The lowest BCUT2D eigenvalue weighted by molar-refractivity contribution is -0.135. The first-order chi connectivity index (χ1) is 9.68. The van der Waals surface area contributed by atoms with Gasteiger partial charge in [-0.05, 0) is 12.8 Å². The molecule has 1 aromatic heterocycles. The Morgan fingerprint density at radius 2 is 1.90 bits per heavy atom. The van der Waals surface area contributed by atoms with Crippen molar-refractivity contribution in [2.45, 2.75) is 71.1 Å². The molecule has 2 heterocycles. The maximum absolute atomic E-state index is 12.2. The highest BCUT2D eigenvalue weighted by atomic mass is 19.4. The maximum Gasteiger partial charge on any atom is 0.389 e. The molecule has 1 aromatic rings. The molecule has 3 nitrogen and oxygen atoms in total. The molecule has 21 heavy (non-hydrogen) atoms. The van der Waals surface area contributed by atoms with Gasteiger partial charge in [0, 0.05) is 43.6 Å². The van der Waals surface area contributed by atoms with E-state index in [-0.39, 0.29) is 11.8 Å². The average molecular weight is 303 g/mol. The molecule has 1 N–H and O–H groups in total. The number of hydrogen-bond acceptors (Lipinski definition) is 2. The van der Waals surface area contributed by atoms with Crippen LogP contribution in [-0.2, 0) is 24.9 Å². The second-order valence-electron chi connectivity index (χ2n) is 6.73. The van der Waals surface area contributed by atoms with Crippen LogP contribution in [0.5, 0.6) is 0 Å². The first-order valence-corrected chi connectivity index (χ1v) is 7.55. The lowest BCUT2D eigenvalue weighted by Gasteiger charge is -2.22. The average Bonchev–Trinajstić information content (AvgIpc) is 2.72. The van der Waals surface area contributed by atoms with Crippen LogP contribution in [0.25, 0.3) is 0 Å². The van der Waals surface area contributed by atoms with Crippen molar-refractivity contribution in [1.29, 1.82) is 0 Å². The molecule has 0 fully saturated rings. The summed E-state index contributed by atoms with van der Waals surface area (Å²) in [6, 6.07) is 0. The molecule has 0 aromatic carbocycles. The van der Waals surface area contributed by atoms with E-state index in [0.717, 1.165) is 31.0 Å². The van der Waals surface area contributed by atoms with Gasteiger partial charge in [-0.2, -0.15) is 13.2 Å². The number of alkyl halides is 3. The molecule has 6 heteroatoms. The number of aromatic nitrogens is 2. The molecule has 0 amide bonds. The summed E-state index contributed by atoms with van der Waals surface area (Å²) in [7, 11) is 0. The van der Waals surface area contributed by atoms with Gasteiger partial charge < -0.3 is 9.88 Å². The van der Waals surface area contributed by atoms with Gasteiger partial charge in [0.1, 0.15) is 5.82 Å². The Hall–Kier alpha value is -1.04. The van der Waals surface area contributed by atoms with Crippen molar-refractivity contribution in [3.8, 4) is 0 Å². The highest BCUT2D eigenvalue weighted by Crippen LogP contribution is 2.28. The zero-order valence-corrected chi connectivity index (χ0v) is 13.0. The normalized spacial score (nSPS) is 16.1. The van der Waals surface area contributed by atoms with Crippen LogP contribution in [0.1, 0.15) is 57.2 Å². The molecule has 0 spiro atoms. The van der Waals surface area contributed by atoms with Gasteiger partial charge in [-0.15, -0.1) is 0 Å². The largest absolute Gasteiger partial charge is 0.389 e. The lowest BCUT2D eigenvalue weighted by Crippen LogP contribution is -2.25. The summed E-state index contributed by atoms with van der Waals surface area (Å²) in [5.41, 5.74) is 2.16. The van der Waals surface area contributed by atoms with E-state index >= 15 is 0 Å². The molecular formula is C15H24F3N3. The molecule has 0 atom stereocenters. The van der Waals surface area contributed by atoms with Crippen molar-refractivity contribution in [1.82, 2.24) is 14.9 Å².